The molecule has 0 saturated heterocycles. The van der Waals surface area contributed by atoms with E-state index in [4.69, 9.17) is 5.11 Å². The molecule has 1 amide bonds. The third kappa shape index (κ3) is 4.00. The maximum absolute atomic E-state index is 12.3. The number of H-pyrrole nitrogens is 1. The van der Waals surface area contributed by atoms with Crippen molar-refractivity contribution in [2.75, 3.05) is 11.4 Å². The van der Waals surface area contributed by atoms with Gasteiger partial charge in [0.1, 0.15) is 0 Å². The van der Waals surface area contributed by atoms with E-state index in [1.807, 2.05) is 13.8 Å². The molecular formula is C16H18N4O5. The fourth-order valence-electron chi connectivity index (χ4n) is 2.24. The number of nitrogens with zero attached hydrogens (tertiary/aromatic N) is 3. The van der Waals surface area contributed by atoms with E-state index in [0.29, 0.717) is 6.54 Å². The highest BCUT2D eigenvalue weighted by atomic mass is 16.4. The number of benzene rings is 1. The number of anilines is 1. The van der Waals surface area contributed by atoms with Crippen molar-refractivity contribution in [1.29, 1.82) is 0 Å². The molecule has 9 nitrogen and oxygen atoms in total. The van der Waals surface area contributed by atoms with E-state index in [1.54, 1.807) is 0 Å². The lowest BCUT2D eigenvalue weighted by molar-refractivity contribution is -0.116. The lowest BCUT2D eigenvalue weighted by Gasteiger charge is -2.21. The Balaban J connectivity index is 2.50. The number of hydrogen-bond acceptors (Lipinski definition) is 5. The van der Waals surface area contributed by atoms with Crippen molar-refractivity contribution in [3.8, 4) is 5.69 Å². The Morgan fingerprint density at radius 2 is 1.84 bits per heavy atom. The smallest absolute Gasteiger partial charge is 0.359 e. The third-order valence-corrected chi connectivity index (χ3v) is 3.37. The summed E-state index contributed by atoms with van der Waals surface area (Å²) in [4.78, 5) is 54.6. The number of carboxylic acid groups (broad SMARTS) is 1. The minimum Gasteiger partial charge on any atom is -0.478 e. The molecule has 2 aromatic rings. The number of aromatic amines is 1. The molecule has 1 aromatic heterocycles. The summed E-state index contributed by atoms with van der Waals surface area (Å²) in [6, 6.07) is 5.22. The lowest BCUT2D eigenvalue weighted by atomic mass is 10.2. The van der Waals surface area contributed by atoms with Crippen LogP contribution < -0.4 is 16.3 Å². The molecule has 0 fully saturated rings. The quantitative estimate of drug-likeness (QED) is 0.818. The molecule has 0 radical (unpaired) electrons. The Morgan fingerprint density at radius 3 is 2.28 bits per heavy atom. The van der Waals surface area contributed by atoms with Crippen LogP contribution in [0.2, 0.25) is 0 Å². The first-order chi connectivity index (χ1) is 11.7. The van der Waals surface area contributed by atoms with Gasteiger partial charge in [0.25, 0.3) is 0 Å². The van der Waals surface area contributed by atoms with Gasteiger partial charge in [0, 0.05) is 13.5 Å². The number of amides is 1. The molecule has 9 heteroatoms. The molecule has 25 heavy (non-hydrogen) atoms. The second-order valence-electron chi connectivity index (χ2n) is 5.86. The molecule has 0 unspecified atom stereocenters. The molecule has 0 aliphatic rings. The standard InChI is InChI=1S/C16H18N4O5/c1-9(2)8-19(10(3)21)14-17-15(24)20(16(25)18-14)12-6-4-11(5-7-12)13(22)23/h4-7,9H,8H2,1-3H3,(H,22,23)(H,17,18,24,25). The van der Waals surface area contributed by atoms with Gasteiger partial charge in [-0.3, -0.25) is 14.7 Å². The molecule has 0 aliphatic carbocycles. The Morgan fingerprint density at radius 1 is 1.24 bits per heavy atom. The molecule has 0 aliphatic heterocycles. The monoisotopic (exact) mass is 346 g/mol. The van der Waals surface area contributed by atoms with Gasteiger partial charge in [0.15, 0.2) is 0 Å². The first-order valence-electron chi connectivity index (χ1n) is 7.56. The van der Waals surface area contributed by atoms with E-state index in [-0.39, 0.29) is 29.0 Å². The molecule has 0 bridgehead atoms. The van der Waals surface area contributed by atoms with Gasteiger partial charge < -0.3 is 5.11 Å². The van der Waals surface area contributed by atoms with E-state index in [0.717, 1.165) is 4.57 Å². The van der Waals surface area contributed by atoms with E-state index in [1.165, 1.54) is 36.1 Å². The van der Waals surface area contributed by atoms with Crippen LogP contribution in [0.25, 0.3) is 5.69 Å². The number of nitrogens with one attached hydrogen (secondary N) is 1. The topological polar surface area (TPSA) is 125 Å². The normalized spacial score (nSPS) is 10.7. The predicted molar refractivity (Wildman–Crippen MR) is 90.3 cm³/mol. The molecular weight excluding hydrogens is 328 g/mol. The molecule has 132 valence electrons. The Bertz CT molecular complexity index is 880. The molecule has 2 N–H and O–H groups in total. The van der Waals surface area contributed by atoms with Crippen molar-refractivity contribution in [3.63, 3.8) is 0 Å². The average Bonchev–Trinajstić information content (AvgIpc) is 2.52. The number of rotatable bonds is 5. The van der Waals surface area contributed by atoms with Crippen LogP contribution in [-0.2, 0) is 4.79 Å². The van der Waals surface area contributed by atoms with Crippen molar-refractivity contribution >= 4 is 17.8 Å². The number of carbonyl (C=O) groups is 2. The van der Waals surface area contributed by atoms with Gasteiger partial charge in [-0.25, -0.2) is 19.0 Å². The fraction of sp³-hybridized carbons (Fsp3) is 0.312. The van der Waals surface area contributed by atoms with Crippen molar-refractivity contribution in [2.24, 2.45) is 5.92 Å². The third-order valence-electron chi connectivity index (χ3n) is 3.37. The molecule has 0 saturated carbocycles. The zero-order valence-corrected chi connectivity index (χ0v) is 14.0. The second-order valence-corrected chi connectivity index (χ2v) is 5.86. The van der Waals surface area contributed by atoms with Crippen LogP contribution in [0.15, 0.2) is 33.9 Å². The van der Waals surface area contributed by atoms with Crippen LogP contribution >= 0.6 is 0 Å². The summed E-state index contributed by atoms with van der Waals surface area (Å²) in [6.45, 7) is 5.39. The van der Waals surface area contributed by atoms with Crippen LogP contribution in [0, 0.1) is 5.92 Å². The summed E-state index contributed by atoms with van der Waals surface area (Å²) in [5, 5.41) is 8.89. The van der Waals surface area contributed by atoms with Crippen LogP contribution in [0.3, 0.4) is 0 Å². The highest BCUT2D eigenvalue weighted by Crippen LogP contribution is 2.09. The lowest BCUT2D eigenvalue weighted by Crippen LogP contribution is -2.41. The summed E-state index contributed by atoms with van der Waals surface area (Å²) >= 11 is 0. The van der Waals surface area contributed by atoms with Crippen molar-refractivity contribution in [1.82, 2.24) is 14.5 Å². The predicted octanol–water partition coefficient (Wildman–Crippen LogP) is 0.628. The Labute approximate surface area is 142 Å². The van der Waals surface area contributed by atoms with Gasteiger partial charge in [-0.2, -0.15) is 4.98 Å². The van der Waals surface area contributed by atoms with E-state index in [9.17, 15) is 19.2 Å². The molecule has 1 aromatic carbocycles. The zero-order valence-electron chi connectivity index (χ0n) is 14.0. The summed E-state index contributed by atoms with van der Waals surface area (Å²) < 4.78 is 0.767. The van der Waals surface area contributed by atoms with Crippen LogP contribution in [0.1, 0.15) is 31.1 Å². The first kappa shape index (κ1) is 18.1. The molecule has 1 heterocycles. The van der Waals surface area contributed by atoms with Gasteiger partial charge >= 0.3 is 17.3 Å². The minimum absolute atomic E-state index is 0.0255. The van der Waals surface area contributed by atoms with Gasteiger partial charge in [-0.15, -0.1) is 0 Å². The van der Waals surface area contributed by atoms with E-state index < -0.39 is 17.3 Å². The van der Waals surface area contributed by atoms with Crippen LogP contribution in [0.4, 0.5) is 5.95 Å². The van der Waals surface area contributed by atoms with Gasteiger partial charge in [-0.05, 0) is 30.2 Å². The second kappa shape index (κ2) is 7.12. The van der Waals surface area contributed by atoms with Crippen LogP contribution in [0.5, 0.6) is 0 Å². The van der Waals surface area contributed by atoms with E-state index in [2.05, 4.69) is 9.97 Å². The number of hydrogen-bond donors (Lipinski definition) is 2. The largest absolute Gasteiger partial charge is 0.478 e. The number of aromatic nitrogens is 3. The summed E-state index contributed by atoms with van der Waals surface area (Å²) in [6.07, 6.45) is 0. The minimum atomic E-state index is -1.12. The number of carbonyl (C=O) groups excluding carboxylic acids is 1. The van der Waals surface area contributed by atoms with Crippen molar-refractivity contribution in [2.45, 2.75) is 20.8 Å². The highest BCUT2D eigenvalue weighted by molar-refractivity contribution is 5.89. The summed E-state index contributed by atoms with van der Waals surface area (Å²) in [5.74, 6) is -1.47. The molecule has 0 spiro atoms. The van der Waals surface area contributed by atoms with Crippen molar-refractivity contribution < 1.29 is 14.7 Å². The average molecular weight is 346 g/mol. The highest BCUT2D eigenvalue weighted by Gasteiger charge is 2.18. The SMILES string of the molecule is CC(=O)N(CC(C)C)c1nc(=O)n(-c2ccc(C(=O)O)cc2)c(=O)[nH]1. The molecule has 2 rings (SSSR count). The maximum atomic E-state index is 12.3. The summed E-state index contributed by atoms with van der Waals surface area (Å²) in [5.41, 5.74) is -1.43. The fourth-order valence-corrected chi connectivity index (χ4v) is 2.24. The summed E-state index contributed by atoms with van der Waals surface area (Å²) in [7, 11) is 0. The number of aromatic carboxylic acids is 1. The zero-order chi connectivity index (χ0) is 18.7. The first-order valence-corrected chi connectivity index (χ1v) is 7.56. The Kier molecular flexibility index (Phi) is 5.16. The van der Waals surface area contributed by atoms with Gasteiger partial charge in [-0.1, -0.05) is 13.8 Å². The number of carboxylic acids is 1. The maximum Gasteiger partial charge on any atom is 0.359 e. The Hall–Kier alpha value is -3.23. The van der Waals surface area contributed by atoms with Crippen molar-refractivity contribution in [3.05, 3.63) is 50.8 Å². The van der Waals surface area contributed by atoms with Gasteiger partial charge in [0.05, 0.1) is 11.3 Å². The van der Waals surface area contributed by atoms with Gasteiger partial charge in [0.2, 0.25) is 11.9 Å². The van der Waals surface area contributed by atoms with Crippen LogP contribution in [-0.4, -0.2) is 38.1 Å². The van der Waals surface area contributed by atoms with E-state index >= 15 is 0 Å². The molecule has 0 atom stereocenters.